The SMILES string of the molecule is CNc1c(N)nc(-c2ccc(Cl)c(OC)c2F)nc1C(=O)O. The summed E-state index contributed by atoms with van der Waals surface area (Å²) in [6.07, 6.45) is 0. The molecule has 4 N–H and O–H groups in total. The molecule has 0 fully saturated rings. The van der Waals surface area contributed by atoms with Gasteiger partial charge >= 0.3 is 5.97 Å². The van der Waals surface area contributed by atoms with Crippen molar-refractivity contribution in [2.75, 3.05) is 25.2 Å². The van der Waals surface area contributed by atoms with E-state index in [-0.39, 0.29) is 39.4 Å². The number of carbonyl (C=O) groups is 1. The third kappa shape index (κ3) is 2.60. The molecule has 0 spiro atoms. The van der Waals surface area contributed by atoms with Gasteiger partial charge in [-0.15, -0.1) is 0 Å². The number of nitrogen functional groups attached to an aromatic ring is 1. The average molecular weight is 327 g/mol. The summed E-state index contributed by atoms with van der Waals surface area (Å²) in [5, 5.41) is 11.9. The number of halogens is 2. The number of nitrogens with zero attached hydrogens (tertiary/aromatic N) is 2. The minimum absolute atomic E-state index is 0.0533. The van der Waals surface area contributed by atoms with Crippen molar-refractivity contribution in [1.29, 1.82) is 0 Å². The highest BCUT2D eigenvalue weighted by Crippen LogP contribution is 2.34. The maximum Gasteiger partial charge on any atom is 0.356 e. The molecule has 0 radical (unpaired) electrons. The van der Waals surface area contributed by atoms with E-state index in [1.807, 2.05) is 0 Å². The molecule has 0 saturated carbocycles. The number of carboxylic acid groups (broad SMARTS) is 1. The number of ether oxygens (including phenoxy) is 1. The Bertz CT molecular complexity index is 755. The molecule has 0 atom stereocenters. The normalized spacial score (nSPS) is 10.4. The lowest BCUT2D eigenvalue weighted by molar-refractivity contribution is 0.0691. The van der Waals surface area contributed by atoms with Gasteiger partial charge < -0.3 is 20.9 Å². The van der Waals surface area contributed by atoms with Gasteiger partial charge in [-0.2, -0.15) is 0 Å². The molecule has 2 rings (SSSR count). The van der Waals surface area contributed by atoms with E-state index in [0.29, 0.717) is 0 Å². The molecule has 116 valence electrons. The van der Waals surface area contributed by atoms with E-state index >= 15 is 0 Å². The van der Waals surface area contributed by atoms with Gasteiger partial charge in [-0.25, -0.2) is 19.2 Å². The lowest BCUT2D eigenvalue weighted by Crippen LogP contribution is -2.12. The summed E-state index contributed by atoms with van der Waals surface area (Å²) in [5.41, 5.74) is 5.32. The highest BCUT2D eigenvalue weighted by molar-refractivity contribution is 6.32. The monoisotopic (exact) mass is 326 g/mol. The van der Waals surface area contributed by atoms with Crippen molar-refractivity contribution in [3.8, 4) is 17.1 Å². The first-order valence-corrected chi connectivity index (χ1v) is 6.39. The van der Waals surface area contributed by atoms with Crippen LogP contribution in [0.4, 0.5) is 15.9 Å². The minimum Gasteiger partial charge on any atom is -0.492 e. The van der Waals surface area contributed by atoms with Crippen molar-refractivity contribution < 1.29 is 19.0 Å². The maximum atomic E-state index is 14.4. The largest absolute Gasteiger partial charge is 0.492 e. The Labute approximate surface area is 129 Å². The van der Waals surface area contributed by atoms with Crippen molar-refractivity contribution in [3.05, 3.63) is 28.7 Å². The number of aromatic nitrogens is 2. The number of rotatable bonds is 4. The number of hydrogen-bond acceptors (Lipinski definition) is 6. The van der Waals surface area contributed by atoms with Gasteiger partial charge in [0.15, 0.2) is 28.9 Å². The summed E-state index contributed by atoms with van der Waals surface area (Å²) < 4.78 is 19.2. The second-order valence-electron chi connectivity index (χ2n) is 4.15. The quantitative estimate of drug-likeness (QED) is 0.790. The standard InChI is InChI=1S/C13H12ClFN4O3/c1-17-8-9(13(20)21)18-12(19-11(8)16)5-3-4-6(14)10(22-2)7(5)15/h3-4,17H,1-2H3,(H,20,21)(H2,16,18,19). The Balaban J connectivity index is 2.71. The summed E-state index contributed by atoms with van der Waals surface area (Å²) in [4.78, 5) is 19.0. The maximum absolute atomic E-state index is 14.4. The summed E-state index contributed by atoms with van der Waals surface area (Å²) in [7, 11) is 2.74. The van der Waals surface area contributed by atoms with Crippen LogP contribution in [0.1, 0.15) is 10.5 Å². The Morgan fingerprint density at radius 3 is 2.68 bits per heavy atom. The predicted octanol–water partition coefficient (Wildman–Crippen LogP) is 2.27. The van der Waals surface area contributed by atoms with Crippen LogP contribution in [0.3, 0.4) is 0 Å². The molecule has 0 amide bonds. The molecule has 2 aromatic rings. The second kappa shape index (κ2) is 6.02. The number of anilines is 2. The van der Waals surface area contributed by atoms with Crippen molar-refractivity contribution in [2.45, 2.75) is 0 Å². The lowest BCUT2D eigenvalue weighted by Gasteiger charge is -2.12. The predicted molar refractivity (Wildman–Crippen MR) is 79.9 cm³/mol. The first-order valence-electron chi connectivity index (χ1n) is 6.01. The molecular formula is C13H12ClFN4O3. The van der Waals surface area contributed by atoms with E-state index in [9.17, 15) is 14.3 Å². The van der Waals surface area contributed by atoms with E-state index in [1.54, 1.807) is 0 Å². The van der Waals surface area contributed by atoms with E-state index in [0.717, 1.165) is 0 Å². The van der Waals surface area contributed by atoms with Crippen molar-refractivity contribution in [1.82, 2.24) is 9.97 Å². The summed E-state index contributed by atoms with van der Waals surface area (Å²) in [6, 6.07) is 2.71. The molecule has 1 aromatic carbocycles. The van der Waals surface area contributed by atoms with Gasteiger partial charge in [0.1, 0.15) is 5.69 Å². The number of nitrogens with two attached hydrogens (primary N) is 1. The van der Waals surface area contributed by atoms with Crippen LogP contribution >= 0.6 is 11.6 Å². The molecule has 0 saturated heterocycles. The van der Waals surface area contributed by atoms with Crippen LogP contribution in [-0.2, 0) is 0 Å². The first kappa shape index (κ1) is 15.8. The third-order valence-corrected chi connectivity index (χ3v) is 3.18. The van der Waals surface area contributed by atoms with Gasteiger partial charge in [0.05, 0.1) is 17.7 Å². The molecule has 0 aliphatic heterocycles. The third-order valence-electron chi connectivity index (χ3n) is 2.88. The van der Waals surface area contributed by atoms with Crippen molar-refractivity contribution >= 4 is 29.1 Å². The van der Waals surface area contributed by atoms with Crippen LogP contribution in [0.5, 0.6) is 5.75 Å². The number of benzene rings is 1. The average Bonchev–Trinajstić information content (AvgIpc) is 2.46. The number of nitrogens with one attached hydrogen (secondary N) is 1. The Kier molecular flexibility index (Phi) is 4.32. The van der Waals surface area contributed by atoms with Crippen LogP contribution in [0.2, 0.25) is 5.02 Å². The Morgan fingerprint density at radius 1 is 1.45 bits per heavy atom. The molecule has 7 nitrogen and oxygen atoms in total. The van der Waals surface area contributed by atoms with E-state index in [4.69, 9.17) is 22.1 Å². The smallest absolute Gasteiger partial charge is 0.356 e. The molecule has 1 aromatic heterocycles. The molecular weight excluding hydrogens is 315 g/mol. The van der Waals surface area contributed by atoms with Gasteiger partial charge in [-0.1, -0.05) is 11.6 Å². The van der Waals surface area contributed by atoms with Gasteiger partial charge in [0.2, 0.25) is 0 Å². The van der Waals surface area contributed by atoms with Crippen LogP contribution in [0.25, 0.3) is 11.4 Å². The Hall–Kier alpha value is -2.61. The zero-order valence-electron chi connectivity index (χ0n) is 11.6. The number of methoxy groups -OCH3 is 1. The van der Waals surface area contributed by atoms with Crippen LogP contribution in [0.15, 0.2) is 12.1 Å². The number of hydrogen-bond donors (Lipinski definition) is 3. The minimum atomic E-state index is -1.32. The van der Waals surface area contributed by atoms with Crippen LogP contribution in [0, 0.1) is 5.82 Å². The fourth-order valence-corrected chi connectivity index (χ4v) is 2.12. The van der Waals surface area contributed by atoms with Gasteiger partial charge in [-0.05, 0) is 12.1 Å². The summed E-state index contributed by atoms with van der Waals surface area (Å²) in [5.74, 6) is -2.60. The highest BCUT2D eigenvalue weighted by atomic mass is 35.5. The zero-order chi connectivity index (χ0) is 16.4. The summed E-state index contributed by atoms with van der Waals surface area (Å²) in [6.45, 7) is 0. The van der Waals surface area contributed by atoms with Crippen molar-refractivity contribution in [2.24, 2.45) is 0 Å². The number of aromatic carboxylic acids is 1. The number of carboxylic acids is 1. The van der Waals surface area contributed by atoms with Crippen LogP contribution in [-0.4, -0.2) is 35.2 Å². The molecule has 22 heavy (non-hydrogen) atoms. The topological polar surface area (TPSA) is 110 Å². The highest BCUT2D eigenvalue weighted by Gasteiger charge is 2.21. The first-order chi connectivity index (χ1) is 10.4. The Morgan fingerprint density at radius 2 is 2.14 bits per heavy atom. The molecule has 0 aliphatic carbocycles. The lowest BCUT2D eigenvalue weighted by atomic mass is 10.1. The molecule has 0 aliphatic rings. The van der Waals surface area contributed by atoms with Gasteiger partial charge in [-0.3, -0.25) is 0 Å². The van der Waals surface area contributed by atoms with Gasteiger partial charge in [0, 0.05) is 7.05 Å². The van der Waals surface area contributed by atoms with Crippen LogP contribution < -0.4 is 15.8 Å². The van der Waals surface area contributed by atoms with E-state index in [2.05, 4.69) is 15.3 Å². The molecule has 9 heteroatoms. The molecule has 0 unspecified atom stereocenters. The van der Waals surface area contributed by atoms with E-state index in [1.165, 1.54) is 26.3 Å². The fraction of sp³-hybridized carbons (Fsp3) is 0.154. The summed E-state index contributed by atoms with van der Waals surface area (Å²) >= 11 is 5.82. The van der Waals surface area contributed by atoms with E-state index < -0.39 is 11.8 Å². The second-order valence-corrected chi connectivity index (χ2v) is 4.56. The van der Waals surface area contributed by atoms with Gasteiger partial charge in [0.25, 0.3) is 0 Å². The zero-order valence-corrected chi connectivity index (χ0v) is 12.4. The molecule has 1 heterocycles. The fourth-order valence-electron chi connectivity index (χ4n) is 1.89. The van der Waals surface area contributed by atoms with Crippen molar-refractivity contribution in [3.63, 3.8) is 0 Å². The molecule has 0 bridgehead atoms.